The first-order chi connectivity index (χ1) is 8.83. The van der Waals surface area contributed by atoms with Gasteiger partial charge in [0.05, 0.1) is 12.0 Å². The molecule has 1 unspecified atom stereocenters. The highest BCUT2D eigenvalue weighted by atomic mass is 35.5. The van der Waals surface area contributed by atoms with Gasteiger partial charge in [0.2, 0.25) is 0 Å². The van der Waals surface area contributed by atoms with Crippen LogP contribution in [0.2, 0.25) is 0 Å². The number of hydrogen-bond acceptors (Lipinski definition) is 5. The third kappa shape index (κ3) is 3.96. The van der Waals surface area contributed by atoms with E-state index in [0.717, 1.165) is 36.1 Å². The van der Waals surface area contributed by atoms with Gasteiger partial charge in [-0.2, -0.15) is 0 Å². The minimum atomic E-state index is 0. The molecule has 112 valence electrons. The fourth-order valence-electron chi connectivity index (χ4n) is 2.29. The van der Waals surface area contributed by atoms with Gasteiger partial charge in [-0.3, -0.25) is 4.90 Å². The van der Waals surface area contributed by atoms with Crippen LogP contribution >= 0.6 is 36.2 Å². The van der Waals surface area contributed by atoms with Crippen LogP contribution < -0.4 is 5.32 Å². The summed E-state index contributed by atoms with van der Waals surface area (Å²) in [7, 11) is 2.17. The van der Waals surface area contributed by atoms with Crippen molar-refractivity contribution in [3.05, 3.63) is 29.5 Å². The maximum atomic E-state index is 5.36. The third-order valence-corrected chi connectivity index (χ3v) is 4.26. The minimum Gasteiger partial charge on any atom is -0.462 e. The molecule has 2 aromatic rings. The zero-order valence-electron chi connectivity index (χ0n) is 11.2. The predicted molar refractivity (Wildman–Crippen MR) is 87.1 cm³/mol. The first-order valence-corrected chi connectivity index (χ1v) is 7.10. The van der Waals surface area contributed by atoms with E-state index in [1.807, 2.05) is 12.1 Å². The third-order valence-electron chi connectivity index (χ3n) is 3.35. The first-order valence-electron chi connectivity index (χ1n) is 6.22. The molecule has 20 heavy (non-hydrogen) atoms. The number of rotatable bonds is 4. The van der Waals surface area contributed by atoms with E-state index >= 15 is 0 Å². The van der Waals surface area contributed by atoms with Crippen molar-refractivity contribution in [1.82, 2.24) is 15.2 Å². The van der Waals surface area contributed by atoms with Gasteiger partial charge in [-0.25, -0.2) is 4.98 Å². The monoisotopic (exact) mass is 335 g/mol. The Morgan fingerprint density at radius 2 is 2.35 bits per heavy atom. The molecule has 3 heterocycles. The number of likely N-dealkylation sites (N-methyl/N-ethyl adjacent to an activating group) is 1. The summed E-state index contributed by atoms with van der Waals surface area (Å²) in [6.45, 7) is 3.12. The number of halogens is 2. The van der Waals surface area contributed by atoms with E-state index in [9.17, 15) is 0 Å². The summed E-state index contributed by atoms with van der Waals surface area (Å²) in [4.78, 5) is 7.00. The first kappa shape index (κ1) is 17.5. The summed E-state index contributed by atoms with van der Waals surface area (Å²) in [5.74, 6) is 0.858. The summed E-state index contributed by atoms with van der Waals surface area (Å²) in [5, 5.41) is 6.48. The van der Waals surface area contributed by atoms with Crippen LogP contribution in [0.3, 0.4) is 0 Å². The second kappa shape index (κ2) is 8.00. The molecule has 1 fully saturated rings. The van der Waals surface area contributed by atoms with Gasteiger partial charge in [0.1, 0.15) is 0 Å². The van der Waals surface area contributed by atoms with Gasteiger partial charge in [0, 0.05) is 24.5 Å². The fourth-order valence-corrected chi connectivity index (χ4v) is 3.07. The average molecular weight is 336 g/mol. The van der Waals surface area contributed by atoms with Crippen molar-refractivity contribution in [1.29, 1.82) is 0 Å². The molecule has 2 aromatic heterocycles. The highest BCUT2D eigenvalue weighted by molar-refractivity contribution is 7.13. The molecular formula is C13H19Cl2N3OS. The van der Waals surface area contributed by atoms with E-state index in [0.29, 0.717) is 6.04 Å². The molecule has 0 bridgehead atoms. The molecule has 1 saturated heterocycles. The maximum Gasteiger partial charge on any atom is 0.162 e. The fraction of sp³-hybridized carbons (Fsp3) is 0.462. The molecule has 4 nitrogen and oxygen atoms in total. The van der Waals surface area contributed by atoms with Crippen LogP contribution in [0.4, 0.5) is 0 Å². The number of hydrogen-bond donors (Lipinski definition) is 1. The van der Waals surface area contributed by atoms with Gasteiger partial charge in [0.25, 0.3) is 0 Å². The van der Waals surface area contributed by atoms with Crippen molar-refractivity contribution in [2.24, 2.45) is 0 Å². The van der Waals surface area contributed by atoms with Crippen molar-refractivity contribution < 1.29 is 4.42 Å². The lowest BCUT2D eigenvalue weighted by Gasteiger charge is -2.22. The number of nitrogens with zero attached hydrogens (tertiary/aromatic N) is 2. The molecule has 1 aliphatic heterocycles. The second-order valence-corrected chi connectivity index (χ2v) is 5.54. The van der Waals surface area contributed by atoms with Crippen LogP contribution in [0.15, 0.2) is 28.2 Å². The smallest absolute Gasteiger partial charge is 0.162 e. The molecule has 3 rings (SSSR count). The normalized spacial score (nSPS) is 17.8. The SMILES string of the molecule is CN(Cc1csc(-c2ccco2)n1)C1CCNC1.Cl.Cl. The highest BCUT2D eigenvalue weighted by Gasteiger charge is 2.20. The number of thiazole rings is 1. The predicted octanol–water partition coefficient (Wildman–Crippen LogP) is 3.04. The lowest BCUT2D eigenvalue weighted by Crippen LogP contribution is -2.32. The molecule has 0 amide bonds. The van der Waals surface area contributed by atoms with Crippen LogP contribution in [0.1, 0.15) is 12.1 Å². The van der Waals surface area contributed by atoms with Crippen molar-refractivity contribution in [2.45, 2.75) is 19.0 Å². The molecule has 0 aliphatic carbocycles. The summed E-state index contributed by atoms with van der Waals surface area (Å²) in [5.41, 5.74) is 1.13. The van der Waals surface area contributed by atoms with Gasteiger partial charge >= 0.3 is 0 Å². The molecule has 1 aliphatic rings. The van der Waals surface area contributed by atoms with E-state index in [2.05, 4.69) is 27.6 Å². The average Bonchev–Trinajstić information content (AvgIpc) is 3.12. The molecule has 0 spiro atoms. The van der Waals surface area contributed by atoms with E-state index in [-0.39, 0.29) is 24.8 Å². The number of furan rings is 1. The molecule has 0 saturated carbocycles. The van der Waals surface area contributed by atoms with Gasteiger partial charge in [-0.15, -0.1) is 36.2 Å². The quantitative estimate of drug-likeness (QED) is 0.932. The van der Waals surface area contributed by atoms with E-state index in [1.54, 1.807) is 17.6 Å². The Kier molecular flexibility index (Phi) is 6.99. The summed E-state index contributed by atoms with van der Waals surface area (Å²) in [6, 6.07) is 4.48. The van der Waals surface area contributed by atoms with Crippen LogP contribution in [0, 0.1) is 0 Å². The summed E-state index contributed by atoms with van der Waals surface area (Å²) in [6.07, 6.45) is 2.92. The van der Waals surface area contributed by atoms with Crippen LogP contribution in [0.5, 0.6) is 0 Å². The summed E-state index contributed by atoms with van der Waals surface area (Å²) >= 11 is 1.64. The minimum absolute atomic E-state index is 0. The molecule has 1 atom stereocenters. The molecule has 0 radical (unpaired) electrons. The maximum absolute atomic E-state index is 5.36. The van der Waals surface area contributed by atoms with Gasteiger partial charge in [-0.05, 0) is 32.1 Å². The number of nitrogens with one attached hydrogen (secondary N) is 1. The van der Waals surface area contributed by atoms with E-state index < -0.39 is 0 Å². The zero-order chi connectivity index (χ0) is 12.4. The number of aromatic nitrogens is 1. The Hall–Kier alpha value is -0.590. The molecule has 0 aromatic carbocycles. The Labute approximate surface area is 135 Å². The topological polar surface area (TPSA) is 41.3 Å². The van der Waals surface area contributed by atoms with Crippen LogP contribution in [0.25, 0.3) is 10.8 Å². The molecule has 7 heteroatoms. The van der Waals surface area contributed by atoms with E-state index in [4.69, 9.17) is 4.42 Å². The van der Waals surface area contributed by atoms with Crippen molar-refractivity contribution in [2.75, 3.05) is 20.1 Å². The van der Waals surface area contributed by atoms with Gasteiger partial charge < -0.3 is 9.73 Å². The lowest BCUT2D eigenvalue weighted by atomic mass is 10.2. The lowest BCUT2D eigenvalue weighted by molar-refractivity contribution is 0.246. The molecular weight excluding hydrogens is 317 g/mol. The Bertz CT molecular complexity index is 497. The Morgan fingerprint density at radius 1 is 1.50 bits per heavy atom. The Balaban J connectivity index is 0.000001000. The summed E-state index contributed by atoms with van der Waals surface area (Å²) < 4.78 is 5.36. The highest BCUT2D eigenvalue weighted by Crippen LogP contribution is 2.24. The van der Waals surface area contributed by atoms with Gasteiger partial charge in [0.15, 0.2) is 10.8 Å². The largest absolute Gasteiger partial charge is 0.462 e. The van der Waals surface area contributed by atoms with Gasteiger partial charge in [-0.1, -0.05) is 0 Å². The van der Waals surface area contributed by atoms with Crippen LogP contribution in [-0.4, -0.2) is 36.1 Å². The van der Waals surface area contributed by atoms with Crippen molar-refractivity contribution in [3.8, 4) is 10.8 Å². The van der Waals surface area contributed by atoms with Crippen molar-refractivity contribution >= 4 is 36.2 Å². The zero-order valence-corrected chi connectivity index (χ0v) is 13.7. The second-order valence-electron chi connectivity index (χ2n) is 4.68. The van der Waals surface area contributed by atoms with Crippen LogP contribution in [-0.2, 0) is 6.54 Å². The molecule has 1 N–H and O–H groups in total. The van der Waals surface area contributed by atoms with E-state index in [1.165, 1.54) is 6.42 Å². The van der Waals surface area contributed by atoms with Crippen molar-refractivity contribution in [3.63, 3.8) is 0 Å². The standard InChI is InChI=1S/C13H17N3OS.2ClH/c1-16(11-4-5-14-7-11)8-10-9-18-13(15-10)12-3-2-6-17-12;;/h2-3,6,9,11,14H,4-5,7-8H2,1H3;2*1H. The Morgan fingerprint density at radius 3 is 3.00 bits per heavy atom.